The van der Waals surface area contributed by atoms with Crippen LogP contribution in [0.1, 0.15) is 25.7 Å². The van der Waals surface area contributed by atoms with Crippen molar-refractivity contribution < 1.29 is 14.7 Å². The highest BCUT2D eigenvalue weighted by Crippen LogP contribution is 2.29. The van der Waals surface area contributed by atoms with Crippen molar-refractivity contribution in [2.75, 3.05) is 27.2 Å². The van der Waals surface area contributed by atoms with Crippen molar-refractivity contribution in [1.29, 1.82) is 0 Å². The molecule has 1 saturated carbocycles. The monoisotopic (exact) mass is 243 g/mol. The summed E-state index contributed by atoms with van der Waals surface area (Å²) in [7, 11) is 3.82. The summed E-state index contributed by atoms with van der Waals surface area (Å²) in [5, 5.41) is 14.4. The van der Waals surface area contributed by atoms with Gasteiger partial charge in [-0.15, -0.1) is 0 Å². The van der Waals surface area contributed by atoms with Gasteiger partial charge in [0.15, 0.2) is 0 Å². The summed E-state index contributed by atoms with van der Waals surface area (Å²) in [5.74, 6) is -0.933. The summed E-state index contributed by atoms with van der Waals surface area (Å²) in [6, 6.07) is -0.392. The maximum atomic E-state index is 11.6. The van der Waals surface area contributed by atoms with E-state index in [-0.39, 0.29) is 0 Å². The number of hydrogen-bond donors (Lipinski definition) is 3. The number of urea groups is 1. The van der Waals surface area contributed by atoms with Crippen LogP contribution in [-0.2, 0) is 4.79 Å². The number of hydrogen-bond acceptors (Lipinski definition) is 3. The van der Waals surface area contributed by atoms with E-state index in [2.05, 4.69) is 10.6 Å². The van der Waals surface area contributed by atoms with Crippen molar-refractivity contribution in [3.8, 4) is 0 Å². The molecule has 0 unspecified atom stereocenters. The maximum Gasteiger partial charge on any atom is 0.329 e. The fourth-order valence-corrected chi connectivity index (χ4v) is 2.03. The van der Waals surface area contributed by atoms with Crippen LogP contribution in [0.15, 0.2) is 0 Å². The van der Waals surface area contributed by atoms with Crippen LogP contribution < -0.4 is 10.6 Å². The predicted octanol–water partition coefficient (Wildman–Crippen LogP) is 0.245. The van der Waals surface area contributed by atoms with E-state index in [1.165, 1.54) is 0 Å². The average Bonchev–Trinajstić information content (AvgIpc) is 2.66. The summed E-state index contributed by atoms with van der Waals surface area (Å²) in [4.78, 5) is 24.7. The topological polar surface area (TPSA) is 81.7 Å². The van der Waals surface area contributed by atoms with Crippen molar-refractivity contribution in [1.82, 2.24) is 15.5 Å². The number of likely N-dealkylation sites (N-methyl/N-ethyl adjacent to an activating group) is 1. The van der Waals surface area contributed by atoms with E-state index >= 15 is 0 Å². The van der Waals surface area contributed by atoms with Gasteiger partial charge in [0.05, 0.1) is 0 Å². The van der Waals surface area contributed by atoms with Gasteiger partial charge in [-0.1, -0.05) is 12.8 Å². The van der Waals surface area contributed by atoms with E-state index in [4.69, 9.17) is 0 Å². The number of rotatable bonds is 5. The van der Waals surface area contributed by atoms with Gasteiger partial charge in [-0.2, -0.15) is 0 Å². The highest BCUT2D eigenvalue weighted by atomic mass is 16.4. The lowest BCUT2D eigenvalue weighted by Gasteiger charge is -2.25. The number of amides is 2. The van der Waals surface area contributed by atoms with Gasteiger partial charge in [0, 0.05) is 13.1 Å². The zero-order chi connectivity index (χ0) is 12.9. The Morgan fingerprint density at radius 1 is 1.29 bits per heavy atom. The summed E-state index contributed by atoms with van der Waals surface area (Å²) in [6.45, 7) is 1.24. The average molecular weight is 243 g/mol. The second-order valence-corrected chi connectivity index (χ2v) is 4.78. The molecular formula is C11H21N3O3. The van der Waals surface area contributed by atoms with E-state index in [1.54, 1.807) is 0 Å². The fourth-order valence-electron chi connectivity index (χ4n) is 2.03. The first-order chi connectivity index (χ1) is 7.96. The third-order valence-electron chi connectivity index (χ3n) is 3.06. The Bertz CT molecular complexity index is 286. The number of carboxylic acid groups (broad SMARTS) is 1. The van der Waals surface area contributed by atoms with Crippen LogP contribution >= 0.6 is 0 Å². The molecule has 0 atom stereocenters. The summed E-state index contributed by atoms with van der Waals surface area (Å²) in [5.41, 5.74) is -1.05. The quantitative estimate of drug-likeness (QED) is 0.646. The van der Waals surface area contributed by atoms with E-state index in [0.29, 0.717) is 19.4 Å². The van der Waals surface area contributed by atoms with Gasteiger partial charge >= 0.3 is 12.0 Å². The van der Waals surface area contributed by atoms with Gasteiger partial charge in [-0.3, -0.25) is 0 Å². The molecule has 1 aliphatic rings. The third-order valence-corrected chi connectivity index (χ3v) is 3.06. The van der Waals surface area contributed by atoms with Crippen LogP contribution in [-0.4, -0.2) is 54.7 Å². The van der Waals surface area contributed by atoms with Crippen molar-refractivity contribution >= 4 is 12.0 Å². The first kappa shape index (κ1) is 13.8. The van der Waals surface area contributed by atoms with Gasteiger partial charge in [0.25, 0.3) is 0 Å². The van der Waals surface area contributed by atoms with Gasteiger partial charge < -0.3 is 20.6 Å². The lowest BCUT2D eigenvalue weighted by molar-refractivity contribution is -0.144. The van der Waals surface area contributed by atoms with Gasteiger partial charge in [-0.25, -0.2) is 9.59 Å². The molecule has 6 heteroatoms. The van der Waals surface area contributed by atoms with Crippen LogP contribution in [0.5, 0.6) is 0 Å². The molecule has 2 amide bonds. The van der Waals surface area contributed by atoms with Crippen molar-refractivity contribution in [3.05, 3.63) is 0 Å². The minimum absolute atomic E-state index is 0.392. The summed E-state index contributed by atoms with van der Waals surface area (Å²) >= 11 is 0. The molecule has 3 N–H and O–H groups in total. The lowest BCUT2D eigenvalue weighted by atomic mass is 9.98. The Morgan fingerprint density at radius 2 is 1.88 bits per heavy atom. The summed E-state index contributed by atoms with van der Waals surface area (Å²) in [6.07, 6.45) is 2.74. The van der Waals surface area contributed by atoms with Gasteiger partial charge in [-0.05, 0) is 26.9 Å². The molecule has 17 heavy (non-hydrogen) atoms. The molecule has 0 aliphatic heterocycles. The Balaban J connectivity index is 2.40. The third kappa shape index (κ3) is 3.89. The molecule has 1 rings (SSSR count). The molecule has 1 aliphatic carbocycles. The molecule has 0 aromatic carbocycles. The standard InChI is InChI=1S/C11H21N3O3/c1-14(2)8-7-12-10(17)13-11(9(15)16)5-3-4-6-11/h3-8H2,1-2H3,(H,15,16)(H2,12,13,17). The lowest BCUT2D eigenvalue weighted by Crippen LogP contribution is -2.56. The molecule has 0 radical (unpaired) electrons. The molecule has 0 aromatic rings. The number of nitrogens with one attached hydrogen (secondary N) is 2. The fraction of sp³-hybridized carbons (Fsp3) is 0.818. The number of aliphatic carboxylic acids is 1. The molecular weight excluding hydrogens is 222 g/mol. The molecule has 0 heterocycles. The number of carboxylic acids is 1. The Labute approximate surface area is 101 Å². The van der Waals surface area contributed by atoms with Crippen LogP contribution in [0.25, 0.3) is 0 Å². The molecule has 6 nitrogen and oxygen atoms in total. The first-order valence-corrected chi connectivity index (χ1v) is 5.90. The van der Waals surface area contributed by atoms with Crippen molar-refractivity contribution in [3.63, 3.8) is 0 Å². The molecule has 98 valence electrons. The van der Waals surface area contributed by atoms with Gasteiger partial charge in [0.2, 0.25) is 0 Å². The minimum Gasteiger partial charge on any atom is -0.480 e. The highest BCUT2D eigenvalue weighted by Gasteiger charge is 2.42. The Kier molecular flexibility index (Phi) is 4.74. The van der Waals surface area contributed by atoms with Crippen LogP contribution in [0.4, 0.5) is 4.79 Å². The molecule has 0 aromatic heterocycles. The van der Waals surface area contributed by atoms with Crippen molar-refractivity contribution in [2.24, 2.45) is 0 Å². The second-order valence-electron chi connectivity index (χ2n) is 4.78. The smallest absolute Gasteiger partial charge is 0.329 e. The molecule has 0 saturated heterocycles. The number of carbonyl (C=O) groups is 2. The number of nitrogens with zero attached hydrogens (tertiary/aromatic N) is 1. The van der Waals surface area contributed by atoms with E-state index < -0.39 is 17.5 Å². The van der Waals surface area contributed by atoms with Crippen LogP contribution in [0.2, 0.25) is 0 Å². The largest absolute Gasteiger partial charge is 0.480 e. The zero-order valence-electron chi connectivity index (χ0n) is 10.5. The minimum atomic E-state index is -1.05. The normalized spacial score (nSPS) is 18.1. The Morgan fingerprint density at radius 3 is 2.35 bits per heavy atom. The number of carbonyl (C=O) groups excluding carboxylic acids is 1. The molecule has 1 fully saturated rings. The van der Waals surface area contributed by atoms with Crippen molar-refractivity contribution in [2.45, 2.75) is 31.2 Å². The highest BCUT2D eigenvalue weighted by molar-refractivity contribution is 5.86. The first-order valence-electron chi connectivity index (χ1n) is 5.90. The molecule has 0 bridgehead atoms. The summed E-state index contributed by atoms with van der Waals surface area (Å²) < 4.78 is 0. The van der Waals surface area contributed by atoms with Crippen LogP contribution in [0, 0.1) is 0 Å². The Hall–Kier alpha value is -1.30. The van der Waals surface area contributed by atoms with Gasteiger partial charge in [0.1, 0.15) is 5.54 Å². The second kappa shape index (κ2) is 5.86. The predicted molar refractivity (Wildman–Crippen MR) is 63.9 cm³/mol. The SMILES string of the molecule is CN(C)CCNC(=O)NC1(C(=O)O)CCCC1. The van der Waals surface area contributed by atoms with E-state index in [0.717, 1.165) is 19.4 Å². The van der Waals surface area contributed by atoms with Crippen LogP contribution in [0.3, 0.4) is 0 Å². The zero-order valence-corrected chi connectivity index (χ0v) is 10.5. The maximum absolute atomic E-state index is 11.6. The van der Waals surface area contributed by atoms with E-state index in [1.807, 2.05) is 19.0 Å². The molecule has 0 spiro atoms. The van der Waals surface area contributed by atoms with E-state index in [9.17, 15) is 14.7 Å².